The predicted molar refractivity (Wildman–Crippen MR) is 128 cm³/mol. The van der Waals surface area contributed by atoms with E-state index in [0.29, 0.717) is 5.56 Å². The molecule has 14 heteroatoms. The van der Waals surface area contributed by atoms with Gasteiger partial charge in [0.1, 0.15) is 20.0 Å². The number of nitrogens with zero attached hydrogens (tertiary/aromatic N) is 2. The Hall–Kier alpha value is -2.48. The minimum Gasteiger partial charge on any atom is -0.541 e. The minimum absolute atomic E-state index is 0. The van der Waals surface area contributed by atoms with Crippen molar-refractivity contribution in [3.05, 3.63) is 89.8 Å². The number of hydrogen-bond acceptors (Lipinski definition) is 7. The third kappa shape index (κ3) is 5.68. The van der Waals surface area contributed by atoms with Crippen LogP contribution >= 0.6 is 22.9 Å². The van der Waals surface area contributed by atoms with Crippen LogP contribution in [0.4, 0.5) is 10.1 Å². The van der Waals surface area contributed by atoms with Crippen LogP contribution in [0.25, 0.3) is 21.3 Å². The van der Waals surface area contributed by atoms with Crippen molar-refractivity contribution >= 4 is 55.5 Å². The van der Waals surface area contributed by atoms with Gasteiger partial charge in [0, 0.05) is 13.5 Å². The Morgan fingerprint density at radius 3 is 2.46 bits per heavy atom. The topological polar surface area (TPSA) is 132 Å². The summed E-state index contributed by atoms with van der Waals surface area (Å²) in [5.74, 6) is -1.54. The van der Waals surface area contributed by atoms with Gasteiger partial charge in [-0.15, -0.1) is 11.3 Å². The Balaban J connectivity index is 0.00000342. The number of benzene rings is 2. The van der Waals surface area contributed by atoms with Crippen LogP contribution in [0.5, 0.6) is 0 Å². The molecule has 176 valence electrons. The Bertz CT molecular complexity index is 1650. The maximum atomic E-state index is 14.1. The first-order chi connectivity index (χ1) is 16.1. The molecule has 0 saturated heterocycles. The zero-order chi connectivity index (χ0) is 24.6. The van der Waals surface area contributed by atoms with Crippen molar-refractivity contribution in [2.75, 3.05) is 12.4 Å². The van der Waals surface area contributed by atoms with Crippen molar-refractivity contribution in [3.63, 3.8) is 0 Å². The molecule has 1 amide bonds. The van der Waals surface area contributed by atoms with E-state index in [1.165, 1.54) is 49.5 Å². The van der Waals surface area contributed by atoms with Crippen LogP contribution in [0.3, 0.4) is 0 Å². The number of hydrogen-bond donors (Lipinski definition) is 2. The van der Waals surface area contributed by atoms with E-state index >= 15 is 0 Å². The molecule has 4 aromatic rings. The molecule has 0 radical (unpaired) electrons. The monoisotopic (exact) mass is 544 g/mol. The number of aromatic nitrogens is 2. The van der Waals surface area contributed by atoms with Gasteiger partial charge in [0.05, 0.1) is 32.5 Å². The molecule has 35 heavy (non-hydrogen) atoms. The zero-order valence-corrected chi connectivity index (χ0v) is 22.7. The molecule has 4 rings (SSSR count). The summed E-state index contributed by atoms with van der Waals surface area (Å²) in [6, 6.07) is 10.8. The Morgan fingerprint density at radius 2 is 1.86 bits per heavy atom. The quantitative estimate of drug-likeness (QED) is 0.338. The molecule has 0 spiro atoms. The molecule has 0 fully saturated rings. The molecule has 0 atom stereocenters. The number of halogens is 2. The maximum Gasteiger partial charge on any atom is 1.00 e. The Kier molecular flexibility index (Phi) is 8.25. The number of sulfonamides is 1. The fraction of sp³-hybridized carbons (Fsp3) is 0.0952. The number of thiophene rings is 1. The molecule has 2 N–H and O–H groups in total. The molecule has 0 unspecified atom stereocenters. The molecule has 0 aliphatic carbocycles. The number of fused-ring (bicyclic) bond motifs is 1. The largest absolute Gasteiger partial charge is 1.00 e. The van der Waals surface area contributed by atoms with E-state index in [2.05, 4.69) is 15.0 Å². The molecular weight excluding hydrogens is 530 g/mol. The van der Waals surface area contributed by atoms with E-state index in [4.69, 9.17) is 11.6 Å². The van der Waals surface area contributed by atoms with Crippen LogP contribution in [0.2, 0.25) is 4.34 Å². The summed E-state index contributed by atoms with van der Waals surface area (Å²) < 4.78 is 42.8. The van der Waals surface area contributed by atoms with E-state index in [1.54, 1.807) is 0 Å². The fourth-order valence-electron chi connectivity index (χ4n) is 3.25. The van der Waals surface area contributed by atoms with Gasteiger partial charge in [0.15, 0.2) is 0 Å². The average molecular weight is 545 g/mol. The summed E-state index contributed by atoms with van der Waals surface area (Å²) in [4.78, 5) is 40.1. The van der Waals surface area contributed by atoms with Crippen LogP contribution in [0.1, 0.15) is 5.56 Å². The first-order valence-electron chi connectivity index (χ1n) is 9.61. The first-order valence-corrected chi connectivity index (χ1v) is 12.2. The van der Waals surface area contributed by atoms with E-state index in [-0.39, 0.29) is 66.8 Å². The first kappa shape index (κ1) is 27.1. The van der Waals surface area contributed by atoms with Gasteiger partial charge in [-0.1, -0.05) is 23.7 Å². The van der Waals surface area contributed by atoms with Gasteiger partial charge in [-0.3, -0.25) is 4.79 Å². The summed E-state index contributed by atoms with van der Waals surface area (Å²) in [6.07, 6.45) is -0.320. The molecule has 0 aliphatic heterocycles. The normalized spacial score (nSPS) is 11.2. The molecule has 2 aromatic carbocycles. The Labute approximate surface area is 229 Å². The second-order valence-corrected chi connectivity index (χ2v) is 10.6. The molecule has 2 aromatic heterocycles. The van der Waals surface area contributed by atoms with Crippen molar-refractivity contribution < 1.29 is 47.2 Å². The van der Waals surface area contributed by atoms with Gasteiger partial charge in [-0.25, -0.2) is 22.2 Å². The van der Waals surface area contributed by atoms with Crippen LogP contribution in [-0.4, -0.2) is 30.9 Å². The van der Waals surface area contributed by atoms with Crippen molar-refractivity contribution in [2.45, 2.75) is 10.6 Å². The van der Waals surface area contributed by atoms with Crippen molar-refractivity contribution in [1.82, 2.24) is 9.55 Å². The summed E-state index contributed by atoms with van der Waals surface area (Å²) in [7, 11) is -2.66. The van der Waals surface area contributed by atoms with Gasteiger partial charge < -0.3 is 19.8 Å². The second-order valence-electron chi connectivity index (χ2n) is 7.06. The predicted octanol–water partition coefficient (Wildman–Crippen LogP) is 0.410. The van der Waals surface area contributed by atoms with Crippen LogP contribution in [-0.2, 0) is 21.2 Å². The number of nitrogens with one attached hydrogen (secondary N) is 2. The van der Waals surface area contributed by atoms with Gasteiger partial charge in [0.25, 0.3) is 5.56 Å². The molecule has 2 heterocycles. The van der Waals surface area contributed by atoms with Gasteiger partial charge in [0.2, 0.25) is 0 Å². The molecule has 0 aliphatic rings. The number of carbonyl (C=O) groups excluding carboxylic acids is 1. The van der Waals surface area contributed by atoms with Crippen molar-refractivity contribution in [2.24, 2.45) is 0 Å². The van der Waals surface area contributed by atoms with Gasteiger partial charge in [-0.05, 0) is 42.0 Å². The number of aromatic amines is 1. The third-order valence-electron chi connectivity index (χ3n) is 4.83. The number of H-pyrrole nitrogens is 1. The molecular formula is C21H15ClFN4NaO5S2. The standard InChI is InChI=1S/C21H16ClFN4O5S2.Na/c1-24-16-10-15-13(9-14(16)23)20(29)27(21(30)25-15)12-4-2-11(3-5-12)8-18(28)26-34(31,32)19-7-6-17(22)33-19;/h2-7,9-10H,8H2,1H3,(H3,24,25,26,28,29,30);/q;+1/p-1. The van der Waals surface area contributed by atoms with Crippen LogP contribution in [0, 0.1) is 5.82 Å². The summed E-state index contributed by atoms with van der Waals surface area (Å²) in [6.45, 7) is 0. The summed E-state index contributed by atoms with van der Waals surface area (Å²) in [5, 5.41) is 2.61. The number of rotatable bonds is 6. The SMILES string of the molecule is CNc1cc2[nH]c(=O)n(-c3ccc(CC(=O)[N-]S(=O)(=O)c4ccc(Cl)s4)cc3)c(=O)c2cc1F.[Na+]. The molecule has 0 bridgehead atoms. The van der Waals surface area contributed by atoms with E-state index in [9.17, 15) is 27.2 Å². The van der Waals surface area contributed by atoms with Crippen LogP contribution < -0.4 is 46.1 Å². The third-order valence-corrected chi connectivity index (χ3v) is 7.83. The summed E-state index contributed by atoms with van der Waals surface area (Å²) in [5.41, 5.74) is -0.560. The zero-order valence-electron chi connectivity index (χ0n) is 18.3. The number of anilines is 1. The summed E-state index contributed by atoms with van der Waals surface area (Å²) >= 11 is 6.52. The second kappa shape index (κ2) is 10.6. The van der Waals surface area contributed by atoms with Gasteiger partial charge in [-0.2, -0.15) is 0 Å². The smallest absolute Gasteiger partial charge is 0.541 e. The number of carbonyl (C=O) groups is 1. The van der Waals surface area contributed by atoms with Crippen molar-refractivity contribution in [1.29, 1.82) is 0 Å². The van der Waals surface area contributed by atoms with Gasteiger partial charge >= 0.3 is 35.2 Å². The van der Waals surface area contributed by atoms with E-state index in [1.807, 2.05) is 0 Å². The van der Waals surface area contributed by atoms with Crippen LogP contribution in [0.15, 0.2) is 62.3 Å². The molecule has 9 nitrogen and oxygen atoms in total. The molecule has 0 saturated carbocycles. The fourth-order valence-corrected chi connectivity index (χ4v) is 5.63. The minimum atomic E-state index is -4.17. The number of amides is 1. The van der Waals surface area contributed by atoms with Crippen molar-refractivity contribution in [3.8, 4) is 5.69 Å². The average Bonchev–Trinajstić information content (AvgIpc) is 3.22. The van der Waals surface area contributed by atoms with E-state index < -0.39 is 33.0 Å². The maximum absolute atomic E-state index is 14.1. The Morgan fingerprint density at radius 1 is 1.17 bits per heavy atom. The van der Waals surface area contributed by atoms with E-state index in [0.717, 1.165) is 22.0 Å².